The van der Waals surface area contributed by atoms with Crippen molar-refractivity contribution in [3.8, 4) is 0 Å². The van der Waals surface area contributed by atoms with Crippen molar-refractivity contribution in [3.05, 3.63) is 34.9 Å². The van der Waals surface area contributed by atoms with Gasteiger partial charge in [-0.05, 0) is 56.5 Å². The highest BCUT2D eigenvalue weighted by molar-refractivity contribution is 6.35. The standard InChI is InChI=1S/C22H27ClF2N4O/c1-26-15-8-10-29(13-15)19-7-4-16-18(28-19)6-5-17(23)20(16)21(30)27-12-14-3-2-9-22(24,25)11-14/h4-7,14-15,26H,2-3,8-13H2,1H3,(H,27,30)/t14?,15-/m0/s1. The summed E-state index contributed by atoms with van der Waals surface area (Å²) in [6.45, 7) is 2.05. The van der Waals surface area contributed by atoms with E-state index < -0.39 is 5.92 Å². The highest BCUT2D eigenvalue weighted by Gasteiger charge is 2.36. The number of hydrogen-bond donors (Lipinski definition) is 2. The third kappa shape index (κ3) is 4.52. The summed E-state index contributed by atoms with van der Waals surface area (Å²) in [4.78, 5) is 19.8. The van der Waals surface area contributed by atoms with E-state index in [1.165, 1.54) is 0 Å². The summed E-state index contributed by atoms with van der Waals surface area (Å²) in [6.07, 6.45) is 2.01. The van der Waals surface area contributed by atoms with E-state index >= 15 is 0 Å². The lowest BCUT2D eigenvalue weighted by Crippen LogP contribution is -2.35. The number of alkyl halides is 2. The Morgan fingerprint density at radius 2 is 2.13 bits per heavy atom. The molecular formula is C22H27ClF2N4O. The van der Waals surface area contributed by atoms with Gasteiger partial charge in [-0.3, -0.25) is 4.79 Å². The first-order chi connectivity index (χ1) is 14.4. The van der Waals surface area contributed by atoms with Crippen molar-refractivity contribution < 1.29 is 13.6 Å². The van der Waals surface area contributed by atoms with Crippen molar-refractivity contribution >= 4 is 34.2 Å². The summed E-state index contributed by atoms with van der Waals surface area (Å²) in [5.74, 6) is -2.32. The minimum absolute atomic E-state index is 0.0628. The molecule has 0 radical (unpaired) electrons. The van der Waals surface area contributed by atoms with Crippen LogP contribution in [0.2, 0.25) is 5.02 Å². The summed E-state index contributed by atoms with van der Waals surface area (Å²) in [6, 6.07) is 7.71. The fourth-order valence-electron chi connectivity index (χ4n) is 4.55. The number of carbonyl (C=O) groups is 1. The fourth-order valence-corrected chi connectivity index (χ4v) is 4.80. The topological polar surface area (TPSA) is 57.3 Å². The van der Waals surface area contributed by atoms with Crippen LogP contribution in [0.25, 0.3) is 10.9 Å². The predicted molar refractivity (Wildman–Crippen MR) is 116 cm³/mol. The van der Waals surface area contributed by atoms with Gasteiger partial charge in [0.15, 0.2) is 0 Å². The van der Waals surface area contributed by atoms with Gasteiger partial charge >= 0.3 is 0 Å². The molecule has 4 rings (SSSR count). The molecule has 1 amide bonds. The molecule has 2 heterocycles. The minimum Gasteiger partial charge on any atom is -0.355 e. The Bertz CT molecular complexity index is 939. The van der Waals surface area contributed by atoms with Crippen LogP contribution >= 0.6 is 11.6 Å². The number of fused-ring (bicyclic) bond motifs is 1. The highest BCUT2D eigenvalue weighted by Crippen LogP contribution is 2.36. The van der Waals surface area contributed by atoms with Crippen LogP contribution in [0, 0.1) is 5.92 Å². The largest absolute Gasteiger partial charge is 0.355 e. The molecule has 30 heavy (non-hydrogen) atoms. The van der Waals surface area contributed by atoms with E-state index in [1.807, 2.05) is 25.2 Å². The van der Waals surface area contributed by atoms with E-state index in [0.29, 0.717) is 40.4 Å². The molecule has 162 valence electrons. The van der Waals surface area contributed by atoms with Gasteiger partial charge in [0.2, 0.25) is 5.92 Å². The number of rotatable bonds is 5. The Kier molecular flexibility index (Phi) is 6.11. The molecule has 2 N–H and O–H groups in total. The summed E-state index contributed by atoms with van der Waals surface area (Å²) >= 11 is 6.34. The van der Waals surface area contributed by atoms with Crippen LogP contribution in [0.1, 0.15) is 42.5 Å². The molecule has 1 aromatic carbocycles. The number of pyridine rings is 1. The second kappa shape index (κ2) is 8.63. The van der Waals surface area contributed by atoms with Crippen LogP contribution in [-0.2, 0) is 0 Å². The molecule has 2 atom stereocenters. The monoisotopic (exact) mass is 436 g/mol. The first-order valence-corrected chi connectivity index (χ1v) is 10.9. The fraction of sp³-hybridized carbons (Fsp3) is 0.545. The van der Waals surface area contributed by atoms with E-state index in [4.69, 9.17) is 16.6 Å². The number of aromatic nitrogens is 1. The van der Waals surface area contributed by atoms with Crippen LogP contribution in [0.5, 0.6) is 0 Å². The SMILES string of the molecule is CN[C@H]1CCN(c2ccc3c(C(=O)NCC4CCCC(F)(F)C4)c(Cl)ccc3n2)C1. The first-order valence-electron chi connectivity index (χ1n) is 10.5. The zero-order chi connectivity index (χ0) is 21.3. The molecule has 1 aliphatic heterocycles. The third-order valence-corrected chi connectivity index (χ3v) is 6.56. The molecule has 0 bridgehead atoms. The van der Waals surface area contributed by atoms with Crippen molar-refractivity contribution in [1.29, 1.82) is 0 Å². The predicted octanol–water partition coefficient (Wildman–Crippen LogP) is 4.24. The molecule has 1 aliphatic carbocycles. The van der Waals surface area contributed by atoms with E-state index in [-0.39, 0.29) is 31.2 Å². The number of carbonyl (C=O) groups excluding carboxylic acids is 1. The van der Waals surface area contributed by atoms with E-state index in [1.54, 1.807) is 6.07 Å². The van der Waals surface area contributed by atoms with E-state index in [2.05, 4.69) is 15.5 Å². The molecular weight excluding hydrogens is 410 g/mol. The Labute approximate surface area is 180 Å². The Hall–Kier alpha value is -1.99. The quantitative estimate of drug-likeness (QED) is 0.736. The lowest BCUT2D eigenvalue weighted by Gasteiger charge is -2.29. The number of benzene rings is 1. The number of anilines is 1. The number of halogens is 3. The summed E-state index contributed by atoms with van der Waals surface area (Å²) in [5.41, 5.74) is 1.05. The Balaban J connectivity index is 1.51. The maximum atomic E-state index is 13.6. The molecule has 0 spiro atoms. The maximum Gasteiger partial charge on any atom is 0.253 e. The maximum absolute atomic E-state index is 13.6. The van der Waals surface area contributed by atoms with Gasteiger partial charge in [0, 0.05) is 43.9 Å². The van der Waals surface area contributed by atoms with Crippen molar-refractivity contribution in [1.82, 2.24) is 15.6 Å². The molecule has 1 unspecified atom stereocenters. The van der Waals surface area contributed by atoms with E-state index in [0.717, 1.165) is 25.3 Å². The van der Waals surface area contributed by atoms with Gasteiger partial charge in [-0.15, -0.1) is 0 Å². The molecule has 1 saturated carbocycles. The van der Waals surface area contributed by atoms with Crippen LogP contribution < -0.4 is 15.5 Å². The van der Waals surface area contributed by atoms with Gasteiger partial charge in [0.05, 0.1) is 16.1 Å². The average molecular weight is 437 g/mol. The smallest absolute Gasteiger partial charge is 0.253 e. The second-order valence-corrected chi connectivity index (χ2v) is 8.81. The van der Waals surface area contributed by atoms with Crippen LogP contribution in [0.3, 0.4) is 0 Å². The van der Waals surface area contributed by atoms with Crippen molar-refractivity contribution in [2.24, 2.45) is 5.92 Å². The van der Waals surface area contributed by atoms with Gasteiger partial charge in [0.1, 0.15) is 5.82 Å². The van der Waals surface area contributed by atoms with Crippen molar-refractivity contribution in [2.75, 3.05) is 31.6 Å². The molecule has 8 heteroatoms. The molecule has 5 nitrogen and oxygen atoms in total. The number of hydrogen-bond acceptors (Lipinski definition) is 4. The molecule has 2 fully saturated rings. The number of likely N-dealkylation sites (N-methyl/N-ethyl adjacent to an activating group) is 1. The molecule has 1 aromatic heterocycles. The summed E-state index contributed by atoms with van der Waals surface area (Å²) < 4.78 is 27.3. The zero-order valence-corrected chi connectivity index (χ0v) is 17.8. The van der Waals surface area contributed by atoms with Crippen LogP contribution in [-0.4, -0.2) is 49.5 Å². The van der Waals surface area contributed by atoms with Crippen LogP contribution in [0.4, 0.5) is 14.6 Å². The first kappa shape index (κ1) is 21.2. The lowest BCUT2D eigenvalue weighted by molar-refractivity contribution is -0.0518. The number of amides is 1. The summed E-state index contributed by atoms with van der Waals surface area (Å²) in [5, 5.41) is 7.11. The molecule has 1 saturated heterocycles. The van der Waals surface area contributed by atoms with Gasteiger partial charge in [0.25, 0.3) is 5.91 Å². The highest BCUT2D eigenvalue weighted by atomic mass is 35.5. The van der Waals surface area contributed by atoms with Crippen molar-refractivity contribution in [3.63, 3.8) is 0 Å². The second-order valence-electron chi connectivity index (χ2n) is 8.41. The minimum atomic E-state index is -2.63. The average Bonchev–Trinajstić information content (AvgIpc) is 3.20. The third-order valence-electron chi connectivity index (χ3n) is 6.25. The van der Waals surface area contributed by atoms with Gasteiger partial charge in [-0.2, -0.15) is 0 Å². The van der Waals surface area contributed by atoms with Crippen molar-refractivity contribution in [2.45, 2.75) is 44.1 Å². The normalized spacial score (nSPS) is 23.7. The summed E-state index contributed by atoms with van der Waals surface area (Å²) in [7, 11) is 1.96. The Morgan fingerprint density at radius 3 is 2.87 bits per heavy atom. The molecule has 2 aromatic rings. The van der Waals surface area contributed by atoms with Gasteiger partial charge in [-0.25, -0.2) is 13.8 Å². The van der Waals surface area contributed by atoms with E-state index in [9.17, 15) is 13.6 Å². The lowest BCUT2D eigenvalue weighted by atomic mass is 9.86. The Morgan fingerprint density at radius 1 is 1.30 bits per heavy atom. The van der Waals surface area contributed by atoms with Crippen LogP contribution in [0.15, 0.2) is 24.3 Å². The number of nitrogens with one attached hydrogen (secondary N) is 2. The van der Waals surface area contributed by atoms with Gasteiger partial charge < -0.3 is 15.5 Å². The van der Waals surface area contributed by atoms with Gasteiger partial charge in [-0.1, -0.05) is 11.6 Å². The zero-order valence-electron chi connectivity index (χ0n) is 17.1. The number of nitrogens with zero attached hydrogens (tertiary/aromatic N) is 2. The molecule has 2 aliphatic rings.